The van der Waals surface area contributed by atoms with Gasteiger partial charge in [-0.15, -0.1) is 0 Å². The van der Waals surface area contributed by atoms with Crippen molar-refractivity contribution in [3.63, 3.8) is 0 Å². The van der Waals surface area contributed by atoms with Crippen LogP contribution in [0.5, 0.6) is 0 Å². The molecule has 2 aliphatic rings. The molecule has 102 valence electrons. The summed E-state index contributed by atoms with van der Waals surface area (Å²) < 4.78 is 0. The van der Waals surface area contributed by atoms with Gasteiger partial charge in [-0.05, 0) is 36.5 Å². The maximum absolute atomic E-state index is 11.7. The number of rotatable bonds is 3. The summed E-state index contributed by atoms with van der Waals surface area (Å²) in [6.07, 6.45) is 3.14. The van der Waals surface area contributed by atoms with Gasteiger partial charge in [0.2, 0.25) is 5.91 Å². The third-order valence-corrected chi connectivity index (χ3v) is 4.11. The lowest BCUT2D eigenvalue weighted by Crippen LogP contribution is -2.47. The van der Waals surface area contributed by atoms with Crippen LogP contribution in [0, 0.1) is 0 Å². The molecule has 4 nitrogen and oxygen atoms in total. The predicted molar refractivity (Wildman–Crippen MR) is 76.3 cm³/mol. The average molecular weight is 259 g/mol. The lowest BCUT2D eigenvalue weighted by Gasteiger charge is -2.23. The molecule has 0 saturated carbocycles. The molecule has 0 aromatic heterocycles. The monoisotopic (exact) mass is 259 g/mol. The predicted octanol–water partition coefficient (Wildman–Crippen LogP) is 1.05. The van der Waals surface area contributed by atoms with Gasteiger partial charge in [0, 0.05) is 32.4 Å². The Kier molecular flexibility index (Phi) is 3.42. The molecule has 2 heterocycles. The minimum absolute atomic E-state index is 0.0234. The highest BCUT2D eigenvalue weighted by molar-refractivity contribution is 5.82. The topological polar surface area (TPSA) is 44.4 Å². The van der Waals surface area contributed by atoms with Gasteiger partial charge in [-0.1, -0.05) is 12.1 Å². The zero-order chi connectivity index (χ0) is 13.2. The Hall–Kier alpha value is -1.55. The number of likely N-dealkylation sites (N-methyl/N-ethyl adjacent to an activating group) is 1. The van der Waals surface area contributed by atoms with Crippen LogP contribution in [0.15, 0.2) is 18.2 Å². The number of nitrogens with zero attached hydrogens (tertiary/aromatic N) is 1. The SMILES string of the molecule is CN1CCc2cc(CNC3CCCNC3=O)ccc21. The van der Waals surface area contributed by atoms with E-state index < -0.39 is 0 Å². The molecule has 0 spiro atoms. The molecule has 3 rings (SSSR count). The van der Waals surface area contributed by atoms with Gasteiger partial charge in [0.1, 0.15) is 0 Å². The zero-order valence-corrected chi connectivity index (χ0v) is 11.4. The number of amides is 1. The number of piperidine rings is 1. The zero-order valence-electron chi connectivity index (χ0n) is 11.4. The lowest BCUT2D eigenvalue weighted by atomic mass is 10.1. The quantitative estimate of drug-likeness (QED) is 0.853. The Bertz CT molecular complexity index is 486. The van der Waals surface area contributed by atoms with Crippen LogP contribution in [0.25, 0.3) is 0 Å². The summed E-state index contributed by atoms with van der Waals surface area (Å²) in [6, 6.07) is 6.60. The van der Waals surface area contributed by atoms with E-state index in [1.807, 2.05) is 0 Å². The van der Waals surface area contributed by atoms with Crippen molar-refractivity contribution < 1.29 is 4.79 Å². The Morgan fingerprint density at radius 1 is 1.47 bits per heavy atom. The van der Waals surface area contributed by atoms with Crippen LogP contribution >= 0.6 is 0 Å². The highest BCUT2D eigenvalue weighted by Crippen LogP contribution is 2.27. The first-order chi connectivity index (χ1) is 9.24. The van der Waals surface area contributed by atoms with E-state index >= 15 is 0 Å². The number of carbonyl (C=O) groups is 1. The van der Waals surface area contributed by atoms with Gasteiger partial charge in [-0.3, -0.25) is 4.79 Å². The van der Waals surface area contributed by atoms with Gasteiger partial charge in [0.25, 0.3) is 0 Å². The average Bonchev–Trinajstić information content (AvgIpc) is 2.79. The van der Waals surface area contributed by atoms with Crippen molar-refractivity contribution >= 4 is 11.6 Å². The van der Waals surface area contributed by atoms with Gasteiger partial charge in [-0.25, -0.2) is 0 Å². The Balaban J connectivity index is 1.63. The number of hydrogen-bond acceptors (Lipinski definition) is 3. The van der Waals surface area contributed by atoms with E-state index in [4.69, 9.17) is 0 Å². The molecule has 1 amide bonds. The molecule has 0 radical (unpaired) electrons. The van der Waals surface area contributed by atoms with Crippen LogP contribution in [-0.4, -0.2) is 32.1 Å². The van der Waals surface area contributed by atoms with Crippen LogP contribution in [0.1, 0.15) is 24.0 Å². The Morgan fingerprint density at radius 3 is 3.21 bits per heavy atom. The number of carbonyl (C=O) groups excluding carboxylic acids is 1. The molecule has 1 atom stereocenters. The fourth-order valence-corrected chi connectivity index (χ4v) is 2.94. The Morgan fingerprint density at radius 2 is 2.37 bits per heavy atom. The highest BCUT2D eigenvalue weighted by atomic mass is 16.2. The van der Waals surface area contributed by atoms with E-state index in [9.17, 15) is 4.79 Å². The molecular weight excluding hydrogens is 238 g/mol. The second kappa shape index (κ2) is 5.21. The van der Waals surface area contributed by atoms with Crippen molar-refractivity contribution in [2.24, 2.45) is 0 Å². The van der Waals surface area contributed by atoms with Crippen LogP contribution in [-0.2, 0) is 17.8 Å². The van der Waals surface area contributed by atoms with E-state index in [0.29, 0.717) is 0 Å². The van der Waals surface area contributed by atoms with Crippen LogP contribution in [0.2, 0.25) is 0 Å². The fourth-order valence-electron chi connectivity index (χ4n) is 2.94. The number of nitrogens with one attached hydrogen (secondary N) is 2. The van der Waals surface area contributed by atoms with Crippen molar-refractivity contribution in [2.75, 3.05) is 25.0 Å². The second-order valence-electron chi connectivity index (χ2n) is 5.50. The van der Waals surface area contributed by atoms with Gasteiger partial charge in [-0.2, -0.15) is 0 Å². The molecule has 4 heteroatoms. The second-order valence-corrected chi connectivity index (χ2v) is 5.50. The van der Waals surface area contributed by atoms with E-state index in [1.54, 1.807) is 0 Å². The Labute approximate surface area is 114 Å². The largest absolute Gasteiger partial charge is 0.374 e. The van der Waals surface area contributed by atoms with Crippen molar-refractivity contribution in [2.45, 2.75) is 31.8 Å². The maximum Gasteiger partial charge on any atom is 0.237 e. The first-order valence-corrected chi connectivity index (χ1v) is 7.08. The van der Waals surface area contributed by atoms with E-state index in [-0.39, 0.29) is 11.9 Å². The molecule has 1 fully saturated rings. The van der Waals surface area contributed by atoms with Crippen LogP contribution in [0.3, 0.4) is 0 Å². The number of hydrogen-bond donors (Lipinski definition) is 2. The number of benzene rings is 1. The normalized spacial score (nSPS) is 22.3. The summed E-state index contributed by atoms with van der Waals surface area (Å²) in [5, 5.41) is 6.27. The molecule has 1 aromatic rings. The molecule has 0 bridgehead atoms. The van der Waals surface area contributed by atoms with E-state index in [0.717, 1.165) is 38.9 Å². The molecule has 2 N–H and O–H groups in total. The van der Waals surface area contributed by atoms with Crippen molar-refractivity contribution in [3.05, 3.63) is 29.3 Å². The van der Waals surface area contributed by atoms with Gasteiger partial charge >= 0.3 is 0 Å². The summed E-state index contributed by atoms with van der Waals surface area (Å²) in [5.41, 5.74) is 4.04. The first kappa shape index (κ1) is 12.5. The van der Waals surface area contributed by atoms with E-state index in [1.165, 1.54) is 16.8 Å². The first-order valence-electron chi connectivity index (χ1n) is 7.08. The minimum atomic E-state index is -0.0234. The van der Waals surface area contributed by atoms with Crippen molar-refractivity contribution in [3.8, 4) is 0 Å². The molecule has 1 aromatic carbocycles. The molecule has 1 unspecified atom stereocenters. The molecule has 19 heavy (non-hydrogen) atoms. The highest BCUT2D eigenvalue weighted by Gasteiger charge is 2.21. The summed E-state index contributed by atoms with van der Waals surface area (Å²) in [6.45, 7) is 2.70. The summed E-state index contributed by atoms with van der Waals surface area (Å²) in [7, 11) is 2.14. The third-order valence-electron chi connectivity index (χ3n) is 4.11. The molecular formula is C15H21N3O. The van der Waals surface area contributed by atoms with E-state index in [2.05, 4.69) is 40.8 Å². The van der Waals surface area contributed by atoms with Gasteiger partial charge < -0.3 is 15.5 Å². The van der Waals surface area contributed by atoms with Crippen molar-refractivity contribution in [1.82, 2.24) is 10.6 Å². The summed E-state index contributed by atoms with van der Waals surface area (Å²) in [5.74, 6) is 0.146. The molecule has 1 saturated heterocycles. The number of fused-ring (bicyclic) bond motifs is 1. The lowest BCUT2D eigenvalue weighted by molar-refractivity contribution is -0.124. The smallest absolute Gasteiger partial charge is 0.237 e. The van der Waals surface area contributed by atoms with Crippen molar-refractivity contribution in [1.29, 1.82) is 0 Å². The van der Waals surface area contributed by atoms with Crippen LogP contribution < -0.4 is 15.5 Å². The summed E-state index contributed by atoms with van der Waals surface area (Å²) in [4.78, 5) is 14.0. The molecule has 0 aliphatic carbocycles. The standard InChI is InChI=1S/C15H21N3O/c1-18-8-6-12-9-11(4-5-14(12)18)10-17-13-3-2-7-16-15(13)19/h4-5,9,13,17H,2-3,6-8,10H2,1H3,(H,16,19). The number of anilines is 1. The van der Waals surface area contributed by atoms with Crippen LogP contribution in [0.4, 0.5) is 5.69 Å². The van der Waals surface area contributed by atoms with Gasteiger partial charge in [0.05, 0.1) is 6.04 Å². The molecule has 2 aliphatic heterocycles. The maximum atomic E-state index is 11.7. The fraction of sp³-hybridized carbons (Fsp3) is 0.533. The van der Waals surface area contributed by atoms with Gasteiger partial charge in [0.15, 0.2) is 0 Å². The third kappa shape index (κ3) is 2.59. The minimum Gasteiger partial charge on any atom is -0.374 e. The summed E-state index contributed by atoms with van der Waals surface area (Å²) >= 11 is 0.